The van der Waals surface area contributed by atoms with Gasteiger partial charge in [-0.15, -0.1) is 12.4 Å². The topological polar surface area (TPSA) is 47.2 Å². The van der Waals surface area contributed by atoms with E-state index in [1.807, 2.05) is 0 Å². The fourth-order valence-corrected chi connectivity index (χ4v) is 7.00. The number of para-hydroxylation sites is 2. The monoisotopic (exact) mass is 472 g/mol. The maximum absolute atomic E-state index is 5.08. The van der Waals surface area contributed by atoms with Gasteiger partial charge in [0.15, 0.2) is 0 Å². The van der Waals surface area contributed by atoms with E-state index in [0.29, 0.717) is 12.0 Å². The highest BCUT2D eigenvalue weighted by Gasteiger charge is 2.40. The minimum Gasteiger partial charge on any atom is -0.357 e. The quantitative estimate of drug-likeness (QED) is 0.353. The second-order valence-corrected chi connectivity index (χ2v) is 10.3. The van der Waals surface area contributed by atoms with E-state index >= 15 is 0 Å². The molecule has 4 nitrogen and oxygen atoms in total. The van der Waals surface area contributed by atoms with Crippen molar-refractivity contribution in [3.63, 3.8) is 0 Å². The molecule has 0 saturated carbocycles. The van der Waals surface area contributed by atoms with Gasteiger partial charge in [0.25, 0.3) is 0 Å². The molecule has 176 valence electrons. The van der Waals surface area contributed by atoms with Gasteiger partial charge in [-0.25, -0.2) is 0 Å². The molecule has 0 spiro atoms. The molecule has 3 aliphatic rings. The lowest BCUT2D eigenvalue weighted by Gasteiger charge is -2.46. The molecule has 5 heterocycles. The van der Waals surface area contributed by atoms with Crippen LogP contribution in [0.3, 0.4) is 0 Å². The van der Waals surface area contributed by atoms with Crippen LogP contribution in [0.25, 0.3) is 21.8 Å². The van der Waals surface area contributed by atoms with E-state index < -0.39 is 0 Å². The number of aromatic amines is 2. The minimum atomic E-state index is 0. The Hall–Kier alpha value is -2.56. The first-order valence-corrected chi connectivity index (χ1v) is 12.8. The number of piperidine rings is 1. The normalized spacial score (nSPS) is 24.3. The molecule has 5 heteroatoms. The van der Waals surface area contributed by atoms with E-state index in [1.54, 1.807) is 5.56 Å². The van der Waals surface area contributed by atoms with Crippen molar-refractivity contribution in [1.29, 1.82) is 0 Å². The number of nitrogens with zero attached hydrogens (tertiary/aromatic N) is 2. The van der Waals surface area contributed by atoms with Crippen LogP contribution in [0, 0.1) is 11.8 Å². The van der Waals surface area contributed by atoms with Gasteiger partial charge in [-0.05, 0) is 60.8 Å². The highest BCUT2D eigenvalue weighted by atomic mass is 35.5. The van der Waals surface area contributed by atoms with E-state index in [0.717, 1.165) is 25.3 Å². The summed E-state index contributed by atoms with van der Waals surface area (Å²) in [5.41, 5.74) is 9.72. The summed E-state index contributed by atoms with van der Waals surface area (Å²) in [6, 6.07) is 18.1. The zero-order valence-electron chi connectivity index (χ0n) is 19.8. The molecule has 3 atom stereocenters. The third kappa shape index (κ3) is 3.34. The average Bonchev–Trinajstić information content (AvgIpc) is 3.43. The first-order valence-electron chi connectivity index (χ1n) is 12.8. The van der Waals surface area contributed by atoms with E-state index in [9.17, 15) is 0 Å². The zero-order chi connectivity index (χ0) is 21.9. The van der Waals surface area contributed by atoms with Gasteiger partial charge in [-0.2, -0.15) is 0 Å². The Morgan fingerprint density at radius 1 is 0.912 bits per heavy atom. The molecule has 2 aromatic heterocycles. The molecule has 3 unspecified atom stereocenters. The number of halogens is 1. The molecule has 0 amide bonds. The van der Waals surface area contributed by atoms with E-state index in [2.05, 4.69) is 70.3 Å². The van der Waals surface area contributed by atoms with Gasteiger partial charge in [0, 0.05) is 47.1 Å². The van der Waals surface area contributed by atoms with E-state index in [4.69, 9.17) is 4.99 Å². The fraction of sp³-hybridized carbons (Fsp3) is 0.414. The molecular formula is C29H33ClN4. The Kier molecular flexibility index (Phi) is 5.54. The maximum Gasteiger partial charge on any atom is 0.0638 e. The van der Waals surface area contributed by atoms with Gasteiger partial charge < -0.3 is 9.97 Å². The second kappa shape index (κ2) is 8.58. The number of H-pyrrole nitrogens is 2. The van der Waals surface area contributed by atoms with Crippen molar-refractivity contribution >= 4 is 39.9 Å². The minimum absolute atomic E-state index is 0. The number of hydrogen-bond donors (Lipinski definition) is 2. The van der Waals surface area contributed by atoms with Crippen molar-refractivity contribution in [2.75, 3.05) is 19.6 Å². The molecule has 4 aromatic rings. The standard InChI is InChI=1S/C29H32N4.ClH/c1-2-18-17-33-14-12-23-21-8-4-6-10-25(21)32-29(23)27(33)16-19(18)15-26-28-22(11-13-30-26)20-7-3-5-9-24(20)31-28;/h3-10,18-19,27,31-32H,2,11-17H2,1H3;1H. The summed E-state index contributed by atoms with van der Waals surface area (Å²) in [6.45, 7) is 5.71. The smallest absolute Gasteiger partial charge is 0.0638 e. The van der Waals surface area contributed by atoms with Crippen LogP contribution < -0.4 is 0 Å². The van der Waals surface area contributed by atoms with Gasteiger partial charge in [0.05, 0.1) is 17.4 Å². The van der Waals surface area contributed by atoms with Crippen LogP contribution in [0.2, 0.25) is 0 Å². The van der Waals surface area contributed by atoms with Gasteiger partial charge >= 0.3 is 0 Å². The third-order valence-electron chi connectivity index (χ3n) is 8.68. The van der Waals surface area contributed by atoms with Crippen molar-refractivity contribution in [2.24, 2.45) is 16.8 Å². The largest absolute Gasteiger partial charge is 0.357 e. The summed E-state index contributed by atoms with van der Waals surface area (Å²) in [4.78, 5) is 15.4. The molecule has 7 rings (SSSR count). The van der Waals surface area contributed by atoms with Gasteiger partial charge in [-0.1, -0.05) is 49.7 Å². The van der Waals surface area contributed by atoms with Crippen LogP contribution in [0.15, 0.2) is 53.5 Å². The van der Waals surface area contributed by atoms with Crippen molar-refractivity contribution in [3.8, 4) is 0 Å². The van der Waals surface area contributed by atoms with Crippen LogP contribution in [0.1, 0.15) is 54.7 Å². The summed E-state index contributed by atoms with van der Waals surface area (Å²) in [6.07, 6.45) is 5.80. The number of rotatable bonds is 3. The average molecular weight is 473 g/mol. The summed E-state index contributed by atoms with van der Waals surface area (Å²) in [5.74, 6) is 1.41. The van der Waals surface area contributed by atoms with Crippen LogP contribution >= 0.6 is 12.4 Å². The molecular weight excluding hydrogens is 440 g/mol. The Labute approximate surface area is 207 Å². The highest BCUT2D eigenvalue weighted by Crippen LogP contribution is 2.45. The number of benzene rings is 2. The molecule has 0 radical (unpaired) electrons. The Balaban J connectivity index is 0.00000217. The predicted octanol–water partition coefficient (Wildman–Crippen LogP) is 6.45. The lowest BCUT2D eigenvalue weighted by molar-refractivity contribution is 0.0532. The first kappa shape index (κ1) is 21.9. The van der Waals surface area contributed by atoms with Crippen molar-refractivity contribution < 1.29 is 0 Å². The summed E-state index contributed by atoms with van der Waals surface area (Å²) in [5, 5.41) is 2.82. The van der Waals surface area contributed by atoms with Gasteiger partial charge in [-0.3, -0.25) is 9.89 Å². The SMILES string of the molecule is CCC1CN2CCc3c([nH]c4ccccc34)C2CC1CC1=NCCc2c1[nH]c1ccccc21.Cl. The molecule has 2 aromatic carbocycles. The van der Waals surface area contributed by atoms with Gasteiger partial charge in [0.1, 0.15) is 0 Å². The predicted molar refractivity (Wildman–Crippen MR) is 143 cm³/mol. The number of nitrogens with one attached hydrogen (secondary N) is 2. The molecule has 0 bridgehead atoms. The van der Waals surface area contributed by atoms with E-state index in [-0.39, 0.29) is 12.4 Å². The first-order chi connectivity index (χ1) is 16.3. The Morgan fingerprint density at radius 3 is 2.44 bits per heavy atom. The van der Waals surface area contributed by atoms with Gasteiger partial charge in [0.2, 0.25) is 0 Å². The van der Waals surface area contributed by atoms with Crippen LogP contribution in [-0.2, 0) is 12.8 Å². The number of aromatic nitrogens is 2. The molecule has 1 saturated heterocycles. The number of hydrogen-bond acceptors (Lipinski definition) is 2. The van der Waals surface area contributed by atoms with Crippen molar-refractivity contribution in [2.45, 2.75) is 45.1 Å². The highest BCUT2D eigenvalue weighted by molar-refractivity contribution is 6.06. The summed E-state index contributed by atoms with van der Waals surface area (Å²) >= 11 is 0. The second-order valence-electron chi connectivity index (χ2n) is 10.3. The van der Waals surface area contributed by atoms with E-state index in [1.165, 1.54) is 76.8 Å². The fourth-order valence-electron chi connectivity index (χ4n) is 7.00. The maximum atomic E-state index is 5.08. The molecule has 2 N–H and O–H groups in total. The molecule has 0 aliphatic carbocycles. The third-order valence-corrected chi connectivity index (χ3v) is 8.68. The molecule has 3 aliphatic heterocycles. The zero-order valence-corrected chi connectivity index (χ0v) is 20.6. The van der Waals surface area contributed by atoms with Crippen LogP contribution in [0.5, 0.6) is 0 Å². The summed E-state index contributed by atoms with van der Waals surface area (Å²) < 4.78 is 0. The Morgan fingerprint density at radius 2 is 1.65 bits per heavy atom. The Bertz CT molecular complexity index is 1380. The molecule has 34 heavy (non-hydrogen) atoms. The number of aliphatic imine (C=N–C) groups is 1. The van der Waals surface area contributed by atoms with Crippen LogP contribution in [0.4, 0.5) is 0 Å². The molecule has 1 fully saturated rings. The van der Waals surface area contributed by atoms with Crippen molar-refractivity contribution in [1.82, 2.24) is 14.9 Å². The van der Waals surface area contributed by atoms with Crippen LogP contribution in [-0.4, -0.2) is 40.2 Å². The van der Waals surface area contributed by atoms with Crippen molar-refractivity contribution in [3.05, 3.63) is 71.0 Å². The number of fused-ring (bicyclic) bond motifs is 8. The lowest BCUT2D eigenvalue weighted by Crippen LogP contribution is -2.46. The summed E-state index contributed by atoms with van der Waals surface area (Å²) in [7, 11) is 0. The lowest BCUT2D eigenvalue weighted by atomic mass is 9.74.